The molecule has 0 aliphatic carbocycles. The molecule has 0 fully saturated rings. The Morgan fingerprint density at radius 2 is 2.00 bits per heavy atom. The van der Waals surface area contributed by atoms with E-state index >= 15 is 0 Å². The predicted octanol–water partition coefficient (Wildman–Crippen LogP) is 2.66. The summed E-state index contributed by atoms with van der Waals surface area (Å²) in [5.41, 5.74) is 1.08. The molecule has 1 N–H and O–H groups in total. The summed E-state index contributed by atoms with van der Waals surface area (Å²) in [5.74, 6) is 0. The molecule has 5 heteroatoms. The molecule has 1 atom stereocenters. The Morgan fingerprint density at radius 1 is 1.24 bits per heavy atom. The van der Waals surface area contributed by atoms with Crippen LogP contribution in [0.3, 0.4) is 0 Å². The molecule has 2 aromatic heterocycles. The van der Waals surface area contributed by atoms with Crippen LogP contribution in [0.1, 0.15) is 31.3 Å². The van der Waals surface area contributed by atoms with E-state index in [0.717, 1.165) is 28.5 Å². The van der Waals surface area contributed by atoms with Gasteiger partial charge in [0, 0.05) is 18.0 Å². The molecule has 0 aliphatic rings. The molecule has 0 aromatic carbocycles. The molecule has 0 saturated heterocycles. The van der Waals surface area contributed by atoms with Gasteiger partial charge >= 0.3 is 0 Å². The summed E-state index contributed by atoms with van der Waals surface area (Å²) in [7, 11) is 0. The minimum Gasteiger partial charge on any atom is -0.308 e. The number of nitrogens with zero attached hydrogens (tertiary/aromatic N) is 3. The van der Waals surface area contributed by atoms with Crippen LogP contribution in [0.4, 0.5) is 0 Å². The molecule has 4 nitrogen and oxygen atoms in total. The normalized spacial score (nSPS) is 12.6. The first kappa shape index (κ1) is 12.1. The molecule has 90 valence electrons. The predicted molar refractivity (Wildman–Crippen MR) is 69.8 cm³/mol. The second-order valence-corrected chi connectivity index (χ2v) is 4.71. The van der Waals surface area contributed by atoms with Crippen LogP contribution in [-0.4, -0.2) is 21.7 Å². The molecular formula is C12H16N4S. The van der Waals surface area contributed by atoms with Crippen LogP contribution in [-0.2, 0) is 0 Å². The highest BCUT2D eigenvalue weighted by Gasteiger charge is 2.14. The van der Waals surface area contributed by atoms with Crippen molar-refractivity contribution in [3.8, 4) is 10.6 Å². The lowest BCUT2D eigenvalue weighted by atomic mass is 10.2. The lowest BCUT2D eigenvalue weighted by Crippen LogP contribution is -2.19. The van der Waals surface area contributed by atoms with Gasteiger partial charge in [-0.25, -0.2) is 0 Å². The van der Waals surface area contributed by atoms with E-state index in [-0.39, 0.29) is 0 Å². The topological polar surface area (TPSA) is 50.7 Å². The van der Waals surface area contributed by atoms with E-state index in [1.165, 1.54) is 0 Å². The maximum absolute atomic E-state index is 4.27. The van der Waals surface area contributed by atoms with Crippen LogP contribution in [0, 0.1) is 0 Å². The molecule has 17 heavy (non-hydrogen) atoms. The van der Waals surface area contributed by atoms with Gasteiger partial charge in [-0.15, -0.1) is 10.2 Å². The number of aromatic nitrogens is 3. The van der Waals surface area contributed by atoms with Crippen LogP contribution >= 0.6 is 11.3 Å². The summed E-state index contributed by atoms with van der Waals surface area (Å²) in [4.78, 5) is 4.00. The molecule has 0 saturated carbocycles. The number of pyridine rings is 1. The van der Waals surface area contributed by atoms with Crippen molar-refractivity contribution >= 4 is 11.3 Å². The number of rotatable bonds is 5. The van der Waals surface area contributed by atoms with Crippen LogP contribution in [0.2, 0.25) is 0 Å². The Kier molecular flexibility index (Phi) is 4.17. The van der Waals surface area contributed by atoms with Gasteiger partial charge in [-0.2, -0.15) is 0 Å². The van der Waals surface area contributed by atoms with Crippen molar-refractivity contribution in [2.75, 3.05) is 6.54 Å². The zero-order valence-corrected chi connectivity index (χ0v) is 10.9. The van der Waals surface area contributed by atoms with Gasteiger partial charge in [0.2, 0.25) is 0 Å². The molecular weight excluding hydrogens is 232 g/mol. The minimum absolute atomic E-state index is 0.313. The zero-order chi connectivity index (χ0) is 12.1. The smallest absolute Gasteiger partial charge is 0.147 e. The number of hydrogen-bond donors (Lipinski definition) is 1. The molecule has 0 aliphatic heterocycles. The summed E-state index contributed by atoms with van der Waals surface area (Å²) >= 11 is 1.65. The largest absolute Gasteiger partial charge is 0.308 e. The van der Waals surface area contributed by atoms with Crippen molar-refractivity contribution < 1.29 is 0 Å². The average Bonchev–Trinajstić information content (AvgIpc) is 2.86. The van der Waals surface area contributed by atoms with Gasteiger partial charge in [0.1, 0.15) is 10.0 Å². The van der Waals surface area contributed by atoms with E-state index in [1.54, 1.807) is 23.7 Å². The fraction of sp³-hybridized carbons (Fsp3) is 0.417. The Labute approximate surface area is 105 Å². The van der Waals surface area contributed by atoms with E-state index in [0.29, 0.717) is 6.04 Å². The second kappa shape index (κ2) is 5.84. The summed E-state index contributed by atoms with van der Waals surface area (Å²) in [6.45, 7) is 5.21. The van der Waals surface area contributed by atoms with Crippen LogP contribution in [0.15, 0.2) is 24.5 Å². The van der Waals surface area contributed by atoms with Crippen molar-refractivity contribution in [2.24, 2.45) is 0 Å². The summed E-state index contributed by atoms with van der Waals surface area (Å²) < 4.78 is 0. The molecule has 2 heterocycles. The van der Waals surface area contributed by atoms with Gasteiger partial charge in [0.15, 0.2) is 0 Å². The van der Waals surface area contributed by atoms with Gasteiger partial charge in [0.25, 0.3) is 0 Å². The van der Waals surface area contributed by atoms with Crippen LogP contribution in [0.5, 0.6) is 0 Å². The maximum atomic E-state index is 4.27. The third kappa shape index (κ3) is 2.87. The van der Waals surface area contributed by atoms with Gasteiger partial charge in [-0.05, 0) is 25.1 Å². The van der Waals surface area contributed by atoms with Crippen molar-refractivity contribution in [3.05, 3.63) is 29.5 Å². The third-order valence-electron chi connectivity index (χ3n) is 2.52. The standard InChI is InChI=1S/C12H16N4S/c1-3-10(14-4-2)12-16-15-11(17-12)9-5-7-13-8-6-9/h5-8,10,14H,3-4H2,1-2H3. The number of hydrogen-bond acceptors (Lipinski definition) is 5. The highest BCUT2D eigenvalue weighted by atomic mass is 32.1. The molecule has 0 amide bonds. The fourth-order valence-electron chi connectivity index (χ4n) is 1.64. The Hall–Kier alpha value is -1.33. The summed E-state index contributed by atoms with van der Waals surface area (Å²) in [5, 5.41) is 13.9. The van der Waals surface area contributed by atoms with Crippen molar-refractivity contribution in [3.63, 3.8) is 0 Å². The van der Waals surface area contributed by atoms with Crippen molar-refractivity contribution in [1.82, 2.24) is 20.5 Å². The molecule has 0 radical (unpaired) electrons. The van der Waals surface area contributed by atoms with Crippen molar-refractivity contribution in [2.45, 2.75) is 26.3 Å². The molecule has 2 rings (SSSR count). The van der Waals surface area contributed by atoms with E-state index < -0.39 is 0 Å². The lowest BCUT2D eigenvalue weighted by Gasteiger charge is -2.10. The molecule has 2 aromatic rings. The van der Waals surface area contributed by atoms with Gasteiger partial charge in [0.05, 0.1) is 6.04 Å². The van der Waals surface area contributed by atoms with Gasteiger partial charge in [-0.3, -0.25) is 4.98 Å². The number of nitrogens with one attached hydrogen (secondary N) is 1. The third-order valence-corrected chi connectivity index (χ3v) is 3.61. The molecule has 0 spiro atoms. The van der Waals surface area contributed by atoms with E-state index in [1.807, 2.05) is 12.1 Å². The maximum Gasteiger partial charge on any atom is 0.147 e. The van der Waals surface area contributed by atoms with E-state index in [2.05, 4.69) is 34.3 Å². The summed E-state index contributed by atoms with van der Waals surface area (Å²) in [6.07, 6.45) is 4.58. The lowest BCUT2D eigenvalue weighted by molar-refractivity contribution is 0.531. The first-order valence-electron chi connectivity index (χ1n) is 5.82. The van der Waals surface area contributed by atoms with Crippen LogP contribution < -0.4 is 5.32 Å². The Balaban J connectivity index is 2.21. The Bertz CT molecular complexity index is 455. The molecule has 1 unspecified atom stereocenters. The minimum atomic E-state index is 0.313. The SMILES string of the molecule is CCNC(CC)c1nnc(-c2ccncc2)s1. The quantitative estimate of drug-likeness (QED) is 0.883. The second-order valence-electron chi connectivity index (χ2n) is 3.70. The van der Waals surface area contributed by atoms with Crippen molar-refractivity contribution in [1.29, 1.82) is 0 Å². The van der Waals surface area contributed by atoms with Crippen LogP contribution in [0.25, 0.3) is 10.6 Å². The summed E-state index contributed by atoms with van der Waals surface area (Å²) in [6, 6.07) is 4.23. The van der Waals surface area contributed by atoms with Gasteiger partial charge in [-0.1, -0.05) is 25.2 Å². The highest BCUT2D eigenvalue weighted by Crippen LogP contribution is 2.27. The zero-order valence-electron chi connectivity index (χ0n) is 10.1. The van der Waals surface area contributed by atoms with Gasteiger partial charge < -0.3 is 5.32 Å². The fourth-order valence-corrected chi connectivity index (χ4v) is 2.65. The molecule has 0 bridgehead atoms. The monoisotopic (exact) mass is 248 g/mol. The Morgan fingerprint density at radius 3 is 2.65 bits per heavy atom. The first-order chi connectivity index (χ1) is 8.35. The average molecular weight is 248 g/mol. The highest BCUT2D eigenvalue weighted by molar-refractivity contribution is 7.14. The van der Waals surface area contributed by atoms with E-state index in [9.17, 15) is 0 Å². The van der Waals surface area contributed by atoms with E-state index in [4.69, 9.17) is 0 Å². The first-order valence-corrected chi connectivity index (χ1v) is 6.64.